The quantitative estimate of drug-likeness (QED) is 0.607. The van der Waals surface area contributed by atoms with E-state index in [4.69, 9.17) is 10.2 Å². The highest BCUT2D eigenvalue weighted by Gasteiger charge is 2.18. The van der Waals surface area contributed by atoms with Gasteiger partial charge in [0.1, 0.15) is 0 Å². The van der Waals surface area contributed by atoms with Gasteiger partial charge in [0.2, 0.25) is 12.5 Å². The normalized spacial score (nSPS) is 24.5. The maximum Gasteiger partial charge on any atom is 0.245 e. The molecule has 0 aromatic heterocycles. The smallest absolute Gasteiger partial charge is 0.245 e. The highest BCUT2D eigenvalue weighted by Crippen LogP contribution is 2.00. The first-order chi connectivity index (χ1) is 6.30. The first kappa shape index (κ1) is 9.70. The fraction of sp³-hybridized carbons (Fsp3) is 0.222. The van der Waals surface area contributed by atoms with Gasteiger partial charge < -0.3 is 14.9 Å². The summed E-state index contributed by atoms with van der Waals surface area (Å²) in [5.74, 6) is 0. The number of rotatable bonds is 0. The van der Waals surface area contributed by atoms with E-state index in [2.05, 4.69) is 9.73 Å². The second-order valence-corrected chi connectivity index (χ2v) is 2.35. The first-order valence-corrected chi connectivity index (χ1v) is 3.84. The second-order valence-electron chi connectivity index (χ2n) is 2.35. The SMILES string of the molecule is OC1N=COC1O.c1ccccc1. The van der Waals surface area contributed by atoms with Crippen LogP contribution < -0.4 is 0 Å². The summed E-state index contributed by atoms with van der Waals surface area (Å²) < 4.78 is 4.28. The number of ether oxygens (including phenoxy) is 1. The third-order valence-corrected chi connectivity index (χ3v) is 1.34. The van der Waals surface area contributed by atoms with E-state index in [-0.39, 0.29) is 0 Å². The van der Waals surface area contributed by atoms with Gasteiger partial charge in [-0.1, -0.05) is 36.4 Å². The molecule has 2 unspecified atom stereocenters. The van der Waals surface area contributed by atoms with E-state index >= 15 is 0 Å². The number of hydrogen-bond donors (Lipinski definition) is 2. The van der Waals surface area contributed by atoms with Crippen molar-refractivity contribution in [1.82, 2.24) is 0 Å². The highest BCUT2D eigenvalue weighted by atomic mass is 16.6. The summed E-state index contributed by atoms with van der Waals surface area (Å²) in [4.78, 5) is 3.28. The van der Waals surface area contributed by atoms with Crippen LogP contribution in [0.15, 0.2) is 41.4 Å². The lowest BCUT2D eigenvalue weighted by Crippen LogP contribution is -2.19. The molecule has 1 aliphatic heterocycles. The lowest BCUT2D eigenvalue weighted by molar-refractivity contribution is -0.0845. The number of nitrogens with zero attached hydrogens (tertiary/aromatic N) is 1. The van der Waals surface area contributed by atoms with Gasteiger partial charge in [0, 0.05) is 0 Å². The van der Waals surface area contributed by atoms with Crippen molar-refractivity contribution in [2.24, 2.45) is 4.99 Å². The molecule has 0 fully saturated rings. The average molecular weight is 181 g/mol. The van der Waals surface area contributed by atoms with Crippen molar-refractivity contribution in [2.45, 2.75) is 12.5 Å². The van der Waals surface area contributed by atoms with Crippen LogP contribution in [0.5, 0.6) is 0 Å². The highest BCUT2D eigenvalue weighted by molar-refractivity contribution is 5.48. The Hall–Kier alpha value is -1.39. The van der Waals surface area contributed by atoms with E-state index < -0.39 is 12.5 Å². The molecule has 2 N–H and O–H groups in total. The molecule has 2 atom stereocenters. The lowest BCUT2D eigenvalue weighted by atomic mass is 10.4. The zero-order valence-corrected chi connectivity index (χ0v) is 6.95. The molecule has 70 valence electrons. The van der Waals surface area contributed by atoms with Crippen LogP contribution in [-0.4, -0.2) is 29.1 Å². The van der Waals surface area contributed by atoms with Crippen molar-refractivity contribution in [3.63, 3.8) is 0 Å². The summed E-state index contributed by atoms with van der Waals surface area (Å²) in [6.45, 7) is 0. The number of aliphatic imine (C=N–C) groups is 1. The van der Waals surface area contributed by atoms with Crippen LogP contribution in [0.2, 0.25) is 0 Å². The van der Waals surface area contributed by atoms with Gasteiger partial charge in [0.05, 0.1) is 0 Å². The standard InChI is InChI=1S/C6H6.C3H5NO3/c1-2-4-6-5-3-1;5-2-3(6)7-1-4-2/h1-6H;1-3,5-6H. The minimum atomic E-state index is -1.15. The molecule has 0 amide bonds. The number of hydrogen-bond acceptors (Lipinski definition) is 4. The third-order valence-electron chi connectivity index (χ3n) is 1.34. The van der Waals surface area contributed by atoms with E-state index in [0.29, 0.717) is 0 Å². The van der Waals surface area contributed by atoms with Crippen molar-refractivity contribution >= 4 is 6.40 Å². The summed E-state index contributed by atoms with van der Waals surface area (Å²) in [6, 6.07) is 12.0. The Morgan fingerprint density at radius 2 is 1.38 bits per heavy atom. The zero-order valence-electron chi connectivity index (χ0n) is 6.95. The Kier molecular flexibility index (Phi) is 3.95. The predicted octanol–water partition coefficient (Wildman–Crippen LogP) is 0.368. The molecule has 13 heavy (non-hydrogen) atoms. The van der Waals surface area contributed by atoms with E-state index in [1.54, 1.807) is 0 Å². The molecule has 0 spiro atoms. The minimum Gasteiger partial charge on any atom is -0.450 e. The van der Waals surface area contributed by atoms with Crippen LogP contribution in [-0.2, 0) is 4.74 Å². The maximum atomic E-state index is 8.42. The molecule has 4 nitrogen and oxygen atoms in total. The van der Waals surface area contributed by atoms with E-state index in [1.807, 2.05) is 36.4 Å². The molecule has 1 heterocycles. The largest absolute Gasteiger partial charge is 0.450 e. The van der Waals surface area contributed by atoms with Crippen LogP contribution in [0.1, 0.15) is 0 Å². The maximum absolute atomic E-state index is 8.42. The third kappa shape index (κ3) is 3.68. The van der Waals surface area contributed by atoms with E-state index in [0.717, 1.165) is 6.40 Å². The van der Waals surface area contributed by atoms with Crippen LogP contribution in [0, 0.1) is 0 Å². The summed E-state index contributed by atoms with van der Waals surface area (Å²) in [6.07, 6.45) is -1.21. The van der Waals surface area contributed by atoms with Gasteiger partial charge in [0.15, 0.2) is 6.40 Å². The van der Waals surface area contributed by atoms with Gasteiger partial charge in [-0.05, 0) is 0 Å². The van der Waals surface area contributed by atoms with Crippen LogP contribution in [0.3, 0.4) is 0 Å². The summed E-state index contributed by atoms with van der Waals surface area (Å²) >= 11 is 0. The van der Waals surface area contributed by atoms with Crippen molar-refractivity contribution in [3.8, 4) is 0 Å². The first-order valence-electron chi connectivity index (χ1n) is 3.84. The number of benzene rings is 1. The average Bonchev–Trinajstić information content (AvgIpc) is 2.55. The van der Waals surface area contributed by atoms with Crippen LogP contribution in [0.4, 0.5) is 0 Å². The Labute approximate surface area is 76.1 Å². The molecule has 2 rings (SSSR count). The Morgan fingerprint density at radius 1 is 0.923 bits per heavy atom. The molecular weight excluding hydrogens is 170 g/mol. The van der Waals surface area contributed by atoms with Gasteiger partial charge >= 0.3 is 0 Å². The molecule has 0 radical (unpaired) electrons. The molecule has 0 aliphatic carbocycles. The molecule has 4 heteroatoms. The number of aliphatic hydroxyl groups excluding tert-OH is 2. The summed E-state index contributed by atoms with van der Waals surface area (Å²) in [5.41, 5.74) is 0. The van der Waals surface area contributed by atoms with Gasteiger partial charge in [-0.3, -0.25) is 0 Å². The monoisotopic (exact) mass is 181 g/mol. The molecule has 0 saturated carbocycles. The van der Waals surface area contributed by atoms with Crippen molar-refractivity contribution in [3.05, 3.63) is 36.4 Å². The van der Waals surface area contributed by atoms with Crippen molar-refractivity contribution < 1.29 is 14.9 Å². The molecule has 1 aliphatic rings. The summed E-state index contributed by atoms with van der Waals surface area (Å²) in [5, 5.41) is 16.8. The molecule has 0 bridgehead atoms. The molecule has 0 saturated heterocycles. The van der Waals surface area contributed by atoms with E-state index in [1.165, 1.54) is 0 Å². The number of aliphatic hydroxyl groups is 2. The van der Waals surface area contributed by atoms with Gasteiger partial charge in [-0.2, -0.15) is 0 Å². The molecule has 1 aromatic carbocycles. The topological polar surface area (TPSA) is 62.1 Å². The van der Waals surface area contributed by atoms with Crippen molar-refractivity contribution in [2.75, 3.05) is 0 Å². The van der Waals surface area contributed by atoms with E-state index in [9.17, 15) is 0 Å². The lowest BCUT2D eigenvalue weighted by Gasteiger charge is -2.01. The van der Waals surface area contributed by atoms with Gasteiger partial charge in [0.25, 0.3) is 0 Å². The Morgan fingerprint density at radius 3 is 1.54 bits per heavy atom. The predicted molar refractivity (Wildman–Crippen MR) is 48.0 cm³/mol. The van der Waals surface area contributed by atoms with Gasteiger partial charge in [-0.25, -0.2) is 4.99 Å². The van der Waals surface area contributed by atoms with Crippen molar-refractivity contribution in [1.29, 1.82) is 0 Å². The molecular formula is C9H11NO3. The summed E-state index contributed by atoms with van der Waals surface area (Å²) in [7, 11) is 0. The van der Waals surface area contributed by atoms with Gasteiger partial charge in [-0.15, -0.1) is 0 Å². The Bertz CT molecular complexity index is 224. The van der Waals surface area contributed by atoms with Crippen LogP contribution in [0.25, 0.3) is 0 Å². The fourth-order valence-electron chi connectivity index (χ4n) is 0.689. The minimum absolute atomic E-state index is 1.02. The fourth-order valence-corrected chi connectivity index (χ4v) is 0.689. The molecule has 1 aromatic rings. The zero-order chi connectivity index (χ0) is 9.52. The van der Waals surface area contributed by atoms with Crippen LogP contribution >= 0.6 is 0 Å². The second kappa shape index (κ2) is 5.29. The Balaban J connectivity index is 0.000000132.